The van der Waals surface area contributed by atoms with Crippen molar-refractivity contribution in [1.29, 1.82) is 0 Å². The fourth-order valence-corrected chi connectivity index (χ4v) is 5.27. The maximum Gasteiger partial charge on any atom is 0.160 e. The second-order valence-corrected chi connectivity index (χ2v) is 10.4. The molecule has 1 aromatic carbocycles. The summed E-state index contributed by atoms with van der Waals surface area (Å²) in [4.78, 5) is 17.4. The van der Waals surface area contributed by atoms with Gasteiger partial charge in [0.25, 0.3) is 0 Å². The Morgan fingerprint density at radius 1 is 0.865 bits per heavy atom. The smallest absolute Gasteiger partial charge is 0.160 e. The van der Waals surface area contributed by atoms with E-state index < -0.39 is 0 Å². The summed E-state index contributed by atoms with van der Waals surface area (Å²) in [6, 6.07) is 11.1. The van der Waals surface area contributed by atoms with Gasteiger partial charge in [-0.3, -0.25) is 14.7 Å². The maximum absolute atomic E-state index is 5.46. The summed E-state index contributed by atoms with van der Waals surface area (Å²) in [5.74, 6) is 1.10. The molecule has 2 aromatic heterocycles. The van der Waals surface area contributed by atoms with Crippen LogP contribution in [-0.2, 0) is 17.7 Å². The Labute approximate surface area is 221 Å². The van der Waals surface area contributed by atoms with Gasteiger partial charge in [0.2, 0.25) is 0 Å². The fraction of sp³-hybridized carbons (Fsp3) is 0.533. The predicted octanol–water partition coefficient (Wildman–Crippen LogP) is 3.62. The van der Waals surface area contributed by atoms with Gasteiger partial charge in [0.05, 0.1) is 19.8 Å². The van der Waals surface area contributed by atoms with Crippen LogP contribution in [0.25, 0.3) is 17.2 Å². The van der Waals surface area contributed by atoms with Crippen molar-refractivity contribution in [3.63, 3.8) is 0 Å². The Morgan fingerprint density at radius 2 is 1.54 bits per heavy atom. The van der Waals surface area contributed by atoms with Gasteiger partial charge in [0, 0.05) is 71.0 Å². The first-order valence-electron chi connectivity index (χ1n) is 13.9. The normalized spacial score (nSPS) is 18.4. The number of nitrogens with zero attached hydrogens (tertiary/aromatic N) is 6. The quantitative estimate of drug-likeness (QED) is 0.446. The van der Waals surface area contributed by atoms with Gasteiger partial charge in [-0.15, -0.1) is 0 Å². The van der Waals surface area contributed by atoms with E-state index in [1.165, 1.54) is 42.9 Å². The minimum Gasteiger partial charge on any atom is -0.379 e. The molecule has 0 amide bonds. The summed E-state index contributed by atoms with van der Waals surface area (Å²) >= 11 is 0. The first-order chi connectivity index (χ1) is 18.1. The van der Waals surface area contributed by atoms with Gasteiger partial charge in [-0.25, -0.2) is 9.97 Å². The molecule has 2 aliphatic rings. The lowest BCUT2D eigenvalue weighted by atomic mass is 10.1. The van der Waals surface area contributed by atoms with Crippen molar-refractivity contribution in [1.82, 2.24) is 29.2 Å². The number of pyridine rings is 1. The van der Waals surface area contributed by atoms with Crippen LogP contribution in [0.3, 0.4) is 0 Å². The lowest BCUT2D eigenvalue weighted by Gasteiger charge is -2.36. The van der Waals surface area contributed by atoms with Gasteiger partial charge in [0.1, 0.15) is 11.3 Å². The van der Waals surface area contributed by atoms with Crippen LogP contribution in [0.1, 0.15) is 35.1 Å². The maximum atomic E-state index is 5.46. The van der Waals surface area contributed by atoms with Gasteiger partial charge in [-0.1, -0.05) is 43.3 Å². The molecule has 0 aliphatic carbocycles. The van der Waals surface area contributed by atoms with Crippen molar-refractivity contribution in [2.24, 2.45) is 0 Å². The lowest BCUT2D eigenvalue weighted by Crippen LogP contribution is -2.49. The monoisotopic (exact) mass is 502 g/mol. The van der Waals surface area contributed by atoms with Gasteiger partial charge < -0.3 is 9.30 Å². The third-order valence-corrected chi connectivity index (χ3v) is 7.85. The van der Waals surface area contributed by atoms with Crippen molar-refractivity contribution < 1.29 is 4.74 Å². The van der Waals surface area contributed by atoms with Crippen molar-refractivity contribution in [2.75, 3.05) is 72.1 Å². The molecule has 37 heavy (non-hydrogen) atoms. The lowest BCUT2D eigenvalue weighted by molar-refractivity contribution is 0.0303. The molecule has 0 atom stereocenters. The molecule has 2 fully saturated rings. The van der Waals surface area contributed by atoms with Crippen molar-refractivity contribution in [3.8, 4) is 0 Å². The number of benzene rings is 1. The van der Waals surface area contributed by atoms with E-state index in [0.29, 0.717) is 0 Å². The topological polar surface area (TPSA) is 49.7 Å². The van der Waals surface area contributed by atoms with Crippen LogP contribution in [0.2, 0.25) is 0 Å². The van der Waals surface area contributed by atoms with Crippen LogP contribution in [0.4, 0.5) is 0 Å². The van der Waals surface area contributed by atoms with E-state index in [-0.39, 0.29) is 0 Å². The van der Waals surface area contributed by atoms with E-state index in [9.17, 15) is 0 Å². The molecule has 3 aromatic rings. The van der Waals surface area contributed by atoms with E-state index in [2.05, 4.69) is 82.5 Å². The standard InChI is InChI=1S/C30H42N6O/c1-4-29-32-28-22-24(2)25(3)31-30(28)36(29)23-27-9-7-26(8-10-27)6-5-11-33-12-14-34(15-13-33)16-17-35-18-20-37-21-19-35/h5-10,22H,4,11-21,23H2,1-3H3. The fourth-order valence-electron chi connectivity index (χ4n) is 5.27. The molecule has 0 unspecified atom stereocenters. The molecule has 4 heterocycles. The summed E-state index contributed by atoms with van der Waals surface area (Å²) in [5, 5.41) is 0. The van der Waals surface area contributed by atoms with E-state index in [1.54, 1.807) is 0 Å². The van der Waals surface area contributed by atoms with Gasteiger partial charge >= 0.3 is 0 Å². The Hall–Kier alpha value is -2.58. The third kappa shape index (κ3) is 6.65. The summed E-state index contributed by atoms with van der Waals surface area (Å²) < 4.78 is 7.73. The van der Waals surface area contributed by atoms with Crippen molar-refractivity contribution >= 4 is 17.2 Å². The van der Waals surface area contributed by atoms with E-state index in [0.717, 1.165) is 81.6 Å². The molecule has 2 aliphatic heterocycles. The molecule has 5 rings (SSSR count). The minimum atomic E-state index is 0.801. The Kier molecular flexibility index (Phi) is 8.66. The highest BCUT2D eigenvalue weighted by atomic mass is 16.5. The number of hydrogen-bond acceptors (Lipinski definition) is 6. The number of hydrogen-bond donors (Lipinski definition) is 0. The molecule has 2 saturated heterocycles. The first-order valence-corrected chi connectivity index (χ1v) is 13.9. The average molecular weight is 503 g/mol. The SMILES string of the molecule is CCc1nc2cc(C)c(C)nc2n1Cc1ccc(C=CCN2CCN(CCN3CCOCC3)CC2)cc1. The molecule has 0 radical (unpaired) electrons. The number of piperazine rings is 1. The zero-order valence-corrected chi connectivity index (χ0v) is 22.8. The average Bonchev–Trinajstić information content (AvgIpc) is 3.26. The van der Waals surface area contributed by atoms with Crippen LogP contribution in [0.15, 0.2) is 36.4 Å². The molecule has 198 valence electrons. The Morgan fingerprint density at radius 3 is 2.24 bits per heavy atom. The number of rotatable bonds is 9. The predicted molar refractivity (Wildman–Crippen MR) is 151 cm³/mol. The molecular formula is C30H42N6O. The van der Waals surface area contributed by atoms with Crippen LogP contribution < -0.4 is 0 Å². The van der Waals surface area contributed by atoms with Gasteiger partial charge in [-0.2, -0.15) is 0 Å². The number of ether oxygens (including phenoxy) is 1. The van der Waals surface area contributed by atoms with E-state index in [1.807, 2.05) is 0 Å². The molecular weight excluding hydrogens is 460 g/mol. The number of imidazole rings is 1. The molecule has 0 saturated carbocycles. The minimum absolute atomic E-state index is 0.801. The largest absolute Gasteiger partial charge is 0.379 e. The number of fused-ring (bicyclic) bond motifs is 1. The first kappa shape index (κ1) is 26.0. The van der Waals surface area contributed by atoms with Crippen molar-refractivity contribution in [2.45, 2.75) is 33.7 Å². The second kappa shape index (κ2) is 12.3. The van der Waals surface area contributed by atoms with Gasteiger partial charge in [0.15, 0.2) is 5.65 Å². The zero-order chi connectivity index (χ0) is 25.6. The van der Waals surface area contributed by atoms with Crippen LogP contribution in [0.5, 0.6) is 0 Å². The number of aromatic nitrogens is 3. The summed E-state index contributed by atoms with van der Waals surface area (Å²) in [7, 11) is 0. The summed E-state index contributed by atoms with van der Waals surface area (Å²) in [6.07, 6.45) is 5.47. The van der Waals surface area contributed by atoms with Crippen LogP contribution >= 0.6 is 0 Å². The zero-order valence-electron chi connectivity index (χ0n) is 22.8. The molecule has 0 N–H and O–H groups in total. The summed E-state index contributed by atoms with van der Waals surface area (Å²) in [5.41, 5.74) is 6.79. The van der Waals surface area contributed by atoms with Gasteiger partial charge in [-0.05, 0) is 36.6 Å². The van der Waals surface area contributed by atoms with Crippen LogP contribution in [-0.4, -0.2) is 101 Å². The number of aryl methyl sites for hydroxylation is 3. The highest BCUT2D eigenvalue weighted by molar-refractivity contribution is 5.73. The third-order valence-electron chi connectivity index (χ3n) is 7.85. The summed E-state index contributed by atoms with van der Waals surface area (Å²) in [6.45, 7) is 19.1. The molecule has 0 spiro atoms. The molecule has 0 bridgehead atoms. The van der Waals surface area contributed by atoms with E-state index >= 15 is 0 Å². The number of morpholine rings is 1. The van der Waals surface area contributed by atoms with Crippen molar-refractivity contribution in [3.05, 3.63) is 64.6 Å². The molecule has 7 heteroatoms. The second-order valence-electron chi connectivity index (χ2n) is 10.4. The Bertz CT molecular complexity index is 1190. The van der Waals surface area contributed by atoms with Crippen LogP contribution in [0, 0.1) is 13.8 Å². The van der Waals surface area contributed by atoms with E-state index in [4.69, 9.17) is 14.7 Å². The highest BCUT2D eigenvalue weighted by Gasteiger charge is 2.17. The highest BCUT2D eigenvalue weighted by Crippen LogP contribution is 2.20. The molecule has 7 nitrogen and oxygen atoms in total. The Balaban J connectivity index is 1.10.